The van der Waals surface area contributed by atoms with Gasteiger partial charge in [-0.3, -0.25) is 9.88 Å². The van der Waals surface area contributed by atoms with Crippen molar-refractivity contribution in [2.24, 2.45) is 0 Å². The lowest BCUT2D eigenvalue weighted by Crippen LogP contribution is -2.22. The summed E-state index contributed by atoms with van der Waals surface area (Å²) in [5.41, 5.74) is 2.24. The van der Waals surface area contributed by atoms with Crippen molar-refractivity contribution in [3.05, 3.63) is 47.6 Å². The van der Waals surface area contributed by atoms with Gasteiger partial charge in [0.2, 0.25) is 0 Å². The molecule has 1 aliphatic rings. The molecule has 3 heterocycles. The van der Waals surface area contributed by atoms with Crippen LogP contribution in [-0.2, 0) is 6.54 Å². The number of hydrogen-bond donors (Lipinski definition) is 0. The molecule has 0 saturated carbocycles. The summed E-state index contributed by atoms with van der Waals surface area (Å²) in [7, 11) is 0. The van der Waals surface area contributed by atoms with Crippen LogP contribution in [0, 0.1) is 6.92 Å². The highest BCUT2D eigenvalue weighted by Gasteiger charge is 2.26. The molecule has 18 heavy (non-hydrogen) atoms. The summed E-state index contributed by atoms with van der Waals surface area (Å²) in [4.78, 5) is 6.65. The molecule has 0 aliphatic carbocycles. The predicted octanol–water partition coefficient (Wildman–Crippen LogP) is 2.72. The molecule has 4 nitrogen and oxygen atoms in total. The quantitative estimate of drug-likeness (QED) is 0.831. The van der Waals surface area contributed by atoms with Gasteiger partial charge in [-0.2, -0.15) is 0 Å². The average Bonchev–Trinajstić information content (AvgIpc) is 3.00. The number of hydrogen-bond acceptors (Lipinski definition) is 4. The lowest BCUT2D eigenvalue weighted by atomic mass is 10.1. The summed E-state index contributed by atoms with van der Waals surface area (Å²) >= 11 is 0. The molecule has 0 radical (unpaired) electrons. The molecule has 1 saturated heterocycles. The van der Waals surface area contributed by atoms with Gasteiger partial charge in [0.15, 0.2) is 5.76 Å². The molecule has 0 bridgehead atoms. The lowest BCUT2D eigenvalue weighted by Gasteiger charge is -2.23. The Hall–Kier alpha value is -1.68. The minimum atomic E-state index is 0.462. The van der Waals surface area contributed by atoms with Gasteiger partial charge in [-0.15, -0.1) is 0 Å². The number of nitrogens with zero attached hydrogens (tertiary/aromatic N) is 3. The van der Waals surface area contributed by atoms with E-state index in [-0.39, 0.29) is 0 Å². The van der Waals surface area contributed by atoms with Crippen LogP contribution in [0.1, 0.15) is 35.9 Å². The molecule has 3 rings (SSSR count). The van der Waals surface area contributed by atoms with Gasteiger partial charge in [-0.05, 0) is 37.9 Å². The topological polar surface area (TPSA) is 42.2 Å². The summed E-state index contributed by atoms with van der Waals surface area (Å²) < 4.78 is 5.30. The highest BCUT2D eigenvalue weighted by Crippen LogP contribution is 2.32. The van der Waals surface area contributed by atoms with Crippen LogP contribution in [0.15, 0.2) is 35.1 Å². The molecule has 0 spiro atoms. The van der Waals surface area contributed by atoms with Gasteiger partial charge in [0, 0.05) is 24.5 Å². The largest absolute Gasteiger partial charge is 0.360 e. The van der Waals surface area contributed by atoms with E-state index in [1.54, 1.807) is 0 Å². The lowest BCUT2D eigenvalue weighted by molar-refractivity contribution is 0.216. The van der Waals surface area contributed by atoms with E-state index in [1.165, 1.54) is 18.4 Å². The number of rotatable bonds is 3. The molecule has 2 aromatic heterocycles. The van der Waals surface area contributed by atoms with E-state index in [4.69, 9.17) is 4.52 Å². The monoisotopic (exact) mass is 243 g/mol. The summed E-state index contributed by atoms with van der Waals surface area (Å²) in [6.07, 6.45) is 6.21. The Kier molecular flexibility index (Phi) is 3.11. The summed E-state index contributed by atoms with van der Waals surface area (Å²) in [5.74, 6) is 0.947. The smallest absolute Gasteiger partial charge is 0.150 e. The molecular weight excluding hydrogens is 226 g/mol. The summed E-state index contributed by atoms with van der Waals surface area (Å²) in [6.45, 7) is 3.90. The molecule has 4 heteroatoms. The van der Waals surface area contributed by atoms with E-state index in [1.807, 2.05) is 31.5 Å². The van der Waals surface area contributed by atoms with Gasteiger partial charge in [-0.25, -0.2) is 0 Å². The number of aryl methyl sites for hydroxylation is 1. The van der Waals surface area contributed by atoms with Crippen molar-refractivity contribution in [1.82, 2.24) is 15.0 Å². The van der Waals surface area contributed by atoms with Crippen LogP contribution in [0.5, 0.6) is 0 Å². The SMILES string of the molecule is Cc1cc(CN2CCCC2c2cccnc2)on1. The molecule has 1 fully saturated rings. The molecule has 0 N–H and O–H groups in total. The Morgan fingerprint density at radius 1 is 1.50 bits per heavy atom. The van der Waals surface area contributed by atoms with Crippen LogP contribution in [-0.4, -0.2) is 21.6 Å². The molecule has 1 unspecified atom stereocenters. The first-order chi connectivity index (χ1) is 8.83. The molecular formula is C14H17N3O. The Morgan fingerprint density at radius 2 is 2.44 bits per heavy atom. The standard InChI is InChI=1S/C14H17N3O/c1-11-8-13(18-16-11)10-17-7-3-5-14(17)12-4-2-6-15-9-12/h2,4,6,8-9,14H,3,5,7,10H2,1H3. The van der Waals surface area contributed by atoms with Gasteiger partial charge < -0.3 is 4.52 Å². The third-order valence-electron chi connectivity index (χ3n) is 3.47. The minimum absolute atomic E-state index is 0.462. The van der Waals surface area contributed by atoms with E-state index in [9.17, 15) is 0 Å². The zero-order valence-electron chi connectivity index (χ0n) is 10.5. The van der Waals surface area contributed by atoms with E-state index in [0.717, 1.165) is 24.5 Å². The second-order valence-corrected chi connectivity index (χ2v) is 4.85. The first kappa shape index (κ1) is 11.4. The normalized spacial score (nSPS) is 20.4. The van der Waals surface area contributed by atoms with Crippen molar-refractivity contribution in [2.45, 2.75) is 32.4 Å². The van der Waals surface area contributed by atoms with Gasteiger partial charge in [0.05, 0.1) is 12.2 Å². The zero-order valence-corrected chi connectivity index (χ0v) is 10.5. The van der Waals surface area contributed by atoms with Crippen LogP contribution in [0.3, 0.4) is 0 Å². The van der Waals surface area contributed by atoms with Crippen molar-refractivity contribution in [1.29, 1.82) is 0 Å². The Balaban J connectivity index is 1.75. The van der Waals surface area contributed by atoms with Crippen molar-refractivity contribution >= 4 is 0 Å². The van der Waals surface area contributed by atoms with E-state index >= 15 is 0 Å². The maximum atomic E-state index is 5.30. The Morgan fingerprint density at radius 3 is 3.17 bits per heavy atom. The van der Waals surface area contributed by atoms with Gasteiger partial charge in [0.1, 0.15) is 0 Å². The third-order valence-corrected chi connectivity index (χ3v) is 3.47. The fourth-order valence-corrected chi connectivity index (χ4v) is 2.66. The Labute approximate surface area is 107 Å². The molecule has 1 atom stereocenters. The molecule has 0 amide bonds. The summed E-state index contributed by atoms with van der Waals surface area (Å²) in [6, 6.07) is 6.63. The second-order valence-electron chi connectivity index (χ2n) is 4.85. The first-order valence-corrected chi connectivity index (χ1v) is 6.39. The maximum absolute atomic E-state index is 5.30. The number of aromatic nitrogens is 2. The predicted molar refractivity (Wildman–Crippen MR) is 67.9 cm³/mol. The van der Waals surface area contributed by atoms with Crippen molar-refractivity contribution in [3.8, 4) is 0 Å². The van der Waals surface area contributed by atoms with Gasteiger partial charge in [-0.1, -0.05) is 11.2 Å². The second kappa shape index (κ2) is 4.90. The number of pyridine rings is 1. The Bertz CT molecular complexity index is 509. The van der Waals surface area contributed by atoms with Crippen molar-refractivity contribution in [3.63, 3.8) is 0 Å². The highest BCUT2D eigenvalue weighted by atomic mass is 16.5. The fourth-order valence-electron chi connectivity index (χ4n) is 2.66. The fraction of sp³-hybridized carbons (Fsp3) is 0.429. The average molecular weight is 243 g/mol. The van der Waals surface area contributed by atoms with Crippen LogP contribution in [0.25, 0.3) is 0 Å². The van der Waals surface area contributed by atoms with Crippen molar-refractivity contribution in [2.75, 3.05) is 6.54 Å². The van der Waals surface area contributed by atoms with Gasteiger partial charge in [0.25, 0.3) is 0 Å². The van der Waals surface area contributed by atoms with Crippen LogP contribution in [0.4, 0.5) is 0 Å². The maximum Gasteiger partial charge on any atom is 0.150 e. The molecule has 0 aromatic carbocycles. The van der Waals surface area contributed by atoms with E-state index < -0.39 is 0 Å². The van der Waals surface area contributed by atoms with Crippen LogP contribution in [0.2, 0.25) is 0 Å². The van der Waals surface area contributed by atoms with Crippen molar-refractivity contribution < 1.29 is 4.52 Å². The third kappa shape index (κ3) is 2.29. The van der Waals surface area contributed by atoms with E-state index in [0.29, 0.717) is 6.04 Å². The molecule has 94 valence electrons. The minimum Gasteiger partial charge on any atom is -0.360 e. The molecule has 1 aliphatic heterocycles. The zero-order chi connectivity index (χ0) is 12.4. The van der Waals surface area contributed by atoms with Crippen LogP contribution >= 0.6 is 0 Å². The van der Waals surface area contributed by atoms with Gasteiger partial charge >= 0.3 is 0 Å². The van der Waals surface area contributed by atoms with E-state index in [2.05, 4.69) is 21.1 Å². The highest BCUT2D eigenvalue weighted by molar-refractivity contribution is 5.16. The molecule has 2 aromatic rings. The van der Waals surface area contributed by atoms with Crippen LogP contribution < -0.4 is 0 Å². The summed E-state index contributed by atoms with van der Waals surface area (Å²) in [5, 5.41) is 3.94. The number of likely N-dealkylation sites (tertiary alicyclic amines) is 1. The first-order valence-electron chi connectivity index (χ1n) is 6.39.